The summed E-state index contributed by atoms with van der Waals surface area (Å²) >= 11 is 0. The number of aryl methyl sites for hydroxylation is 1. The normalized spacial score (nSPS) is 16.4. The van der Waals surface area contributed by atoms with Gasteiger partial charge in [0, 0.05) is 44.1 Å². The third-order valence-corrected chi connectivity index (χ3v) is 5.51. The number of aromatic nitrogens is 2. The highest BCUT2D eigenvalue weighted by molar-refractivity contribution is 5.79. The van der Waals surface area contributed by atoms with Crippen LogP contribution in [0.25, 0.3) is 5.65 Å². The maximum atomic E-state index is 6.12. The van der Waals surface area contributed by atoms with Crippen molar-refractivity contribution in [3.63, 3.8) is 0 Å². The number of benzene rings is 1. The van der Waals surface area contributed by atoms with Gasteiger partial charge in [0.2, 0.25) is 0 Å². The summed E-state index contributed by atoms with van der Waals surface area (Å²) < 4.78 is 13.9. The number of rotatable bonds is 9. The zero-order valence-electron chi connectivity index (χ0n) is 19.0. The number of hydrogen-bond acceptors (Lipinski definition) is 4. The molecule has 1 aliphatic rings. The molecule has 0 radical (unpaired) electrons. The molecule has 32 heavy (non-hydrogen) atoms. The topological polar surface area (TPSA) is 72.2 Å². The lowest BCUT2D eigenvalue weighted by Gasteiger charge is -2.15. The minimum Gasteiger partial charge on any atom is -0.491 e. The Bertz CT molecular complexity index is 1010. The quantitative estimate of drug-likeness (QED) is 0.398. The van der Waals surface area contributed by atoms with E-state index in [1.54, 1.807) is 0 Å². The molecule has 1 aliphatic heterocycles. The van der Waals surface area contributed by atoms with Gasteiger partial charge >= 0.3 is 0 Å². The molecule has 3 heterocycles. The highest BCUT2D eigenvalue weighted by atomic mass is 16.5. The number of nitrogens with zero attached hydrogens (tertiary/aromatic N) is 3. The van der Waals surface area contributed by atoms with Crippen molar-refractivity contribution in [1.29, 1.82) is 0 Å². The number of pyridine rings is 1. The Morgan fingerprint density at radius 2 is 2.22 bits per heavy atom. The Hall–Kier alpha value is -3.06. The summed E-state index contributed by atoms with van der Waals surface area (Å²) in [4.78, 5) is 9.44. The summed E-state index contributed by atoms with van der Waals surface area (Å²) in [6.07, 6.45) is 7.30. The van der Waals surface area contributed by atoms with Gasteiger partial charge in [-0.05, 0) is 50.5 Å². The summed E-state index contributed by atoms with van der Waals surface area (Å²) in [6.45, 7) is 7.69. The molecule has 1 fully saturated rings. The molecule has 7 heteroatoms. The first-order valence-corrected chi connectivity index (χ1v) is 11.5. The molecular weight excluding hydrogens is 402 g/mol. The van der Waals surface area contributed by atoms with Crippen LogP contribution in [0.4, 0.5) is 0 Å². The smallest absolute Gasteiger partial charge is 0.191 e. The van der Waals surface area contributed by atoms with Crippen LogP contribution >= 0.6 is 0 Å². The van der Waals surface area contributed by atoms with Crippen molar-refractivity contribution >= 4 is 11.6 Å². The lowest BCUT2D eigenvalue weighted by atomic mass is 10.1. The number of aliphatic imine (C=N–C) groups is 1. The average molecular weight is 436 g/mol. The highest BCUT2D eigenvalue weighted by Gasteiger charge is 2.17. The van der Waals surface area contributed by atoms with E-state index < -0.39 is 0 Å². The number of ether oxygens (including phenoxy) is 2. The van der Waals surface area contributed by atoms with Gasteiger partial charge in [0.25, 0.3) is 0 Å². The lowest BCUT2D eigenvalue weighted by molar-refractivity contribution is 0.0676. The first-order valence-electron chi connectivity index (χ1n) is 11.5. The molecule has 3 aromatic rings. The van der Waals surface area contributed by atoms with E-state index in [0.29, 0.717) is 13.2 Å². The predicted octanol–water partition coefficient (Wildman–Crippen LogP) is 3.50. The van der Waals surface area contributed by atoms with E-state index >= 15 is 0 Å². The maximum Gasteiger partial charge on any atom is 0.191 e. The highest BCUT2D eigenvalue weighted by Crippen LogP contribution is 2.23. The van der Waals surface area contributed by atoms with Gasteiger partial charge in [-0.25, -0.2) is 9.98 Å². The van der Waals surface area contributed by atoms with Crippen molar-refractivity contribution in [2.24, 2.45) is 4.99 Å². The Kier molecular flexibility index (Phi) is 7.61. The second kappa shape index (κ2) is 11.0. The molecule has 1 atom stereocenters. The zero-order chi connectivity index (χ0) is 22.2. The molecule has 0 amide bonds. The monoisotopic (exact) mass is 435 g/mol. The summed E-state index contributed by atoms with van der Waals surface area (Å²) in [5.41, 5.74) is 4.28. The number of guanidine groups is 1. The van der Waals surface area contributed by atoms with Crippen molar-refractivity contribution in [2.75, 3.05) is 26.3 Å². The molecule has 1 saturated heterocycles. The molecule has 1 unspecified atom stereocenters. The van der Waals surface area contributed by atoms with Crippen molar-refractivity contribution < 1.29 is 9.47 Å². The predicted molar refractivity (Wildman–Crippen MR) is 127 cm³/mol. The molecule has 4 rings (SSSR count). The van der Waals surface area contributed by atoms with Crippen LogP contribution < -0.4 is 15.4 Å². The van der Waals surface area contributed by atoms with E-state index in [0.717, 1.165) is 67.6 Å². The largest absolute Gasteiger partial charge is 0.491 e. The Morgan fingerprint density at radius 3 is 3.03 bits per heavy atom. The average Bonchev–Trinajstić information content (AvgIpc) is 3.46. The van der Waals surface area contributed by atoms with Crippen LogP contribution in [-0.2, 0) is 17.7 Å². The number of nitrogens with one attached hydrogen (secondary N) is 2. The molecule has 2 N–H and O–H groups in total. The van der Waals surface area contributed by atoms with Crippen molar-refractivity contribution in [3.05, 3.63) is 65.6 Å². The van der Waals surface area contributed by atoms with E-state index in [1.807, 2.05) is 28.8 Å². The van der Waals surface area contributed by atoms with Gasteiger partial charge in [0.1, 0.15) is 18.0 Å². The molecule has 2 aromatic heterocycles. The Labute approximate surface area is 189 Å². The van der Waals surface area contributed by atoms with Crippen molar-refractivity contribution in [2.45, 2.75) is 45.8 Å². The van der Waals surface area contributed by atoms with E-state index in [2.05, 4.69) is 53.9 Å². The standard InChI is InChI=1S/C25H33N5O2/c1-3-26-25(27-12-11-21-17-30-13-5-4-8-24(30)29-21)28-16-20-10-9-19(2)15-23(20)32-18-22-7-6-14-31-22/h4-5,8-10,13,15,17,22H,3,6-7,11-12,14,16,18H2,1-2H3,(H2,26,27,28). The van der Waals surface area contributed by atoms with Crippen LogP contribution in [0.15, 0.2) is 53.8 Å². The maximum absolute atomic E-state index is 6.12. The van der Waals surface area contributed by atoms with Crippen LogP contribution in [0.2, 0.25) is 0 Å². The van der Waals surface area contributed by atoms with E-state index in [1.165, 1.54) is 5.56 Å². The summed E-state index contributed by atoms with van der Waals surface area (Å²) in [6, 6.07) is 12.3. The van der Waals surface area contributed by atoms with Crippen LogP contribution in [0.3, 0.4) is 0 Å². The molecular formula is C25H33N5O2. The van der Waals surface area contributed by atoms with Gasteiger partial charge in [-0.2, -0.15) is 0 Å². The molecule has 1 aromatic carbocycles. The van der Waals surface area contributed by atoms with Gasteiger partial charge in [-0.1, -0.05) is 18.2 Å². The first-order chi connectivity index (χ1) is 15.7. The second-order valence-corrected chi connectivity index (χ2v) is 8.13. The third-order valence-electron chi connectivity index (χ3n) is 5.51. The first kappa shape index (κ1) is 22.1. The molecule has 7 nitrogen and oxygen atoms in total. The molecule has 0 bridgehead atoms. The van der Waals surface area contributed by atoms with Gasteiger partial charge in [-0.3, -0.25) is 0 Å². The fourth-order valence-electron chi connectivity index (χ4n) is 3.81. The number of hydrogen-bond donors (Lipinski definition) is 2. The molecule has 0 spiro atoms. The summed E-state index contributed by atoms with van der Waals surface area (Å²) in [5, 5.41) is 6.75. The fourth-order valence-corrected chi connectivity index (χ4v) is 3.81. The zero-order valence-corrected chi connectivity index (χ0v) is 19.0. The SMILES string of the molecule is CCNC(=NCc1ccc(C)cc1OCC1CCCO1)NCCc1cn2ccccc2n1. The lowest BCUT2D eigenvalue weighted by Crippen LogP contribution is -2.38. The van der Waals surface area contributed by atoms with E-state index in [9.17, 15) is 0 Å². The van der Waals surface area contributed by atoms with E-state index in [-0.39, 0.29) is 6.10 Å². The summed E-state index contributed by atoms with van der Waals surface area (Å²) in [5.74, 6) is 1.69. The minimum absolute atomic E-state index is 0.199. The number of imidazole rings is 1. The van der Waals surface area contributed by atoms with Crippen LogP contribution in [0, 0.1) is 6.92 Å². The minimum atomic E-state index is 0.199. The molecule has 170 valence electrons. The summed E-state index contributed by atoms with van der Waals surface area (Å²) in [7, 11) is 0. The van der Waals surface area contributed by atoms with Crippen LogP contribution in [0.5, 0.6) is 5.75 Å². The fraction of sp³-hybridized carbons (Fsp3) is 0.440. The third kappa shape index (κ3) is 6.01. The van der Waals surface area contributed by atoms with Crippen molar-refractivity contribution in [3.8, 4) is 5.75 Å². The van der Waals surface area contributed by atoms with Gasteiger partial charge in [-0.15, -0.1) is 0 Å². The van der Waals surface area contributed by atoms with Gasteiger partial charge in [0.05, 0.1) is 18.3 Å². The van der Waals surface area contributed by atoms with Crippen molar-refractivity contribution in [1.82, 2.24) is 20.0 Å². The van der Waals surface area contributed by atoms with Crippen LogP contribution in [0.1, 0.15) is 36.6 Å². The Balaban J connectivity index is 1.35. The number of fused-ring (bicyclic) bond motifs is 1. The van der Waals surface area contributed by atoms with Gasteiger partial charge in [0.15, 0.2) is 5.96 Å². The van der Waals surface area contributed by atoms with Gasteiger partial charge < -0.3 is 24.5 Å². The van der Waals surface area contributed by atoms with Crippen LogP contribution in [-0.4, -0.2) is 47.8 Å². The Morgan fingerprint density at radius 1 is 1.28 bits per heavy atom. The second-order valence-electron chi connectivity index (χ2n) is 8.13. The molecule has 0 aliphatic carbocycles. The molecule has 0 saturated carbocycles. The van der Waals surface area contributed by atoms with E-state index in [4.69, 9.17) is 14.5 Å².